The van der Waals surface area contributed by atoms with Crippen molar-refractivity contribution in [2.45, 2.75) is 32.9 Å². The summed E-state index contributed by atoms with van der Waals surface area (Å²) in [6.07, 6.45) is -0.0154. The van der Waals surface area contributed by atoms with E-state index in [-0.39, 0.29) is 30.7 Å². The van der Waals surface area contributed by atoms with Gasteiger partial charge in [0.05, 0.1) is 18.7 Å². The molecule has 1 saturated heterocycles. The highest BCUT2D eigenvalue weighted by molar-refractivity contribution is 6.23. The summed E-state index contributed by atoms with van der Waals surface area (Å²) in [7, 11) is 0. The fourth-order valence-corrected chi connectivity index (χ4v) is 3.21. The molecule has 1 heterocycles. The Hall–Kier alpha value is -3.15. The molecule has 0 bridgehead atoms. The van der Waals surface area contributed by atoms with E-state index in [2.05, 4.69) is 0 Å². The van der Waals surface area contributed by atoms with Crippen LogP contribution in [0.5, 0.6) is 5.75 Å². The maximum Gasteiger partial charge on any atom is 0.257 e. The number of imide groups is 1. The van der Waals surface area contributed by atoms with Crippen LogP contribution in [-0.2, 0) is 20.9 Å². The maximum atomic E-state index is 12.9. The molecule has 0 aliphatic carbocycles. The summed E-state index contributed by atoms with van der Waals surface area (Å²) >= 11 is 0. The third kappa shape index (κ3) is 4.00. The molecule has 0 aromatic heterocycles. The Morgan fingerprint density at radius 1 is 1.11 bits per heavy atom. The van der Waals surface area contributed by atoms with E-state index in [1.165, 1.54) is 11.8 Å². The lowest BCUT2D eigenvalue weighted by Crippen LogP contribution is -2.44. The van der Waals surface area contributed by atoms with Gasteiger partial charge in [0.1, 0.15) is 11.8 Å². The Bertz CT molecular complexity index is 833. The van der Waals surface area contributed by atoms with Gasteiger partial charge in [0.15, 0.2) is 0 Å². The standard InChI is InChI=1S/C21H22N2O4/c1-3-27-18-11-9-17(10-12-18)23-20(25)13-19(21(23)26)22(15(2)24)14-16-7-5-4-6-8-16/h4-12,19H,3,13-14H2,1-2H3. The zero-order valence-corrected chi connectivity index (χ0v) is 15.4. The molecule has 0 saturated carbocycles. The highest BCUT2D eigenvalue weighted by Gasteiger charge is 2.43. The molecule has 27 heavy (non-hydrogen) atoms. The lowest BCUT2D eigenvalue weighted by atomic mass is 10.1. The number of hydrogen-bond acceptors (Lipinski definition) is 4. The zero-order valence-electron chi connectivity index (χ0n) is 15.4. The Morgan fingerprint density at radius 2 is 1.78 bits per heavy atom. The largest absolute Gasteiger partial charge is 0.494 e. The van der Waals surface area contributed by atoms with Crippen molar-refractivity contribution in [2.24, 2.45) is 0 Å². The van der Waals surface area contributed by atoms with Crippen LogP contribution < -0.4 is 9.64 Å². The van der Waals surface area contributed by atoms with Crippen molar-refractivity contribution in [2.75, 3.05) is 11.5 Å². The molecule has 0 radical (unpaired) electrons. The van der Waals surface area contributed by atoms with E-state index in [1.54, 1.807) is 24.3 Å². The SMILES string of the molecule is CCOc1ccc(N2C(=O)CC(N(Cc3ccccc3)C(C)=O)C2=O)cc1. The van der Waals surface area contributed by atoms with Gasteiger partial charge in [-0.05, 0) is 36.8 Å². The predicted octanol–water partition coefficient (Wildman–Crippen LogP) is 2.77. The summed E-state index contributed by atoms with van der Waals surface area (Å²) in [6, 6.07) is 15.4. The van der Waals surface area contributed by atoms with Crippen LogP contribution in [-0.4, -0.2) is 35.3 Å². The van der Waals surface area contributed by atoms with Crippen molar-refractivity contribution in [1.82, 2.24) is 4.90 Å². The minimum atomic E-state index is -0.790. The quantitative estimate of drug-likeness (QED) is 0.738. The lowest BCUT2D eigenvalue weighted by molar-refractivity contribution is -0.137. The first-order valence-corrected chi connectivity index (χ1v) is 8.92. The van der Waals surface area contributed by atoms with Gasteiger partial charge in [-0.3, -0.25) is 14.4 Å². The predicted molar refractivity (Wildman–Crippen MR) is 101 cm³/mol. The molecule has 1 aliphatic rings. The summed E-state index contributed by atoms with van der Waals surface area (Å²) in [6.45, 7) is 4.13. The topological polar surface area (TPSA) is 66.9 Å². The Labute approximate surface area is 158 Å². The number of carbonyl (C=O) groups is 3. The summed E-state index contributed by atoms with van der Waals surface area (Å²) in [5.41, 5.74) is 1.40. The molecule has 1 atom stereocenters. The lowest BCUT2D eigenvalue weighted by Gasteiger charge is -2.26. The number of anilines is 1. The average Bonchev–Trinajstić information content (AvgIpc) is 2.95. The molecule has 1 unspecified atom stereocenters. The second-order valence-electron chi connectivity index (χ2n) is 6.35. The van der Waals surface area contributed by atoms with E-state index in [0.29, 0.717) is 18.0 Å². The van der Waals surface area contributed by atoms with Crippen LogP contribution in [0.1, 0.15) is 25.8 Å². The molecule has 140 valence electrons. The maximum absolute atomic E-state index is 12.9. The number of nitrogens with zero attached hydrogens (tertiary/aromatic N) is 2. The van der Waals surface area contributed by atoms with E-state index in [0.717, 1.165) is 10.5 Å². The van der Waals surface area contributed by atoms with Crippen LogP contribution in [0, 0.1) is 0 Å². The van der Waals surface area contributed by atoms with Gasteiger partial charge in [-0.25, -0.2) is 4.90 Å². The molecule has 2 aromatic carbocycles. The molecular weight excluding hydrogens is 344 g/mol. The summed E-state index contributed by atoms with van der Waals surface area (Å²) < 4.78 is 5.39. The van der Waals surface area contributed by atoms with Crippen LogP contribution in [0.4, 0.5) is 5.69 Å². The zero-order chi connectivity index (χ0) is 19.4. The van der Waals surface area contributed by atoms with Gasteiger partial charge in [-0.15, -0.1) is 0 Å². The summed E-state index contributed by atoms with van der Waals surface area (Å²) in [5, 5.41) is 0. The fraction of sp³-hybridized carbons (Fsp3) is 0.286. The van der Waals surface area contributed by atoms with Gasteiger partial charge >= 0.3 is 0 Å². The number of benzene rings is 2. The number of amides is 3. The van der Waals surface area contributed by atoms with E-state index in [4.69, 9.17) is 4.74 Å². The Morgan fingerprint density at radius 3 is 2.37 bits per heavy atom. The van der Waals surface area contributed by atoms with E-state index in [9.17, 15) is 14.4 Å². The first-order chi connectivity index (χ1) is 13.0. The average molecular weight is 366 g/mol. The van der Waals surface area contributed by atoms with Crippen LogP contribution >= 0.6 is 0 Å². The van der Waals surface area contributed by atoms with Gasteiger partial charge < -0.3 is 9.64 Å². The van der Waals surface area contributed by atoms with E-state index < -0.39 is 6.04 Å². The van der Waals surface area contributed by atoms with Gasteiger partial charge in [0.25, 0.3) is 5.91 Å². The minimum Gasteiger partial charge on any atom is -0.494 e. The first-order valence-electron chi connectivity index (χ1n) is 8.92. The van der Waals surface area contributed by atoms with Crippen LogP contribution in [0.3, 0.4) is 0 Å². The number of hydrogen-bond donors (Lipinski definition) is 0. The number of ether oxygens (including phenoxy) is 1. The molecule has 3 rings (SSSR count). The van der Waals surface area contributed by atoms with Crippen molar-refractivity contribution in [3.8, 4) is 5.75 Å². The highest BCUT2D eigenvalue weighted by atomic mass is 16.5. The van der Waals surface area contributed by atoms with E-state index >= 15 is 0 Å². The summed E-state index contributed by atoms with van der Waals surface area (Å²) in [5.74, 6) is -0.256. The van der Waals surface area contributed by atoms with Gasteiger partial charge in [-0.1, -0.05) is 30.3 Å². The second-order valence-corrected chi connectivity index (χ2v) is 6.35. The van der Waals surface area contributed by atoms with Gasteiger partial charge in [0.2, 0.25) is 11.8 Å². The molecule has 0 N–H and O–H groups in total. The normalized spacial score (nSPS) is 16.5. The molecule has 6 heteroatoms. The monoisotopic (exact) mass is 366 g/mol. The number of rotatable bonds is 6. The third-order valence-electron chi connectivity index (χ3n) is 4.51. The number of carbonyl (C=O) groups excluding carboxylic acids is 3. The first kappa shape index (κ1) is 18.6. The molecule has 1 aliphatic heterocycles. The van der Waals surface area contributed by atoms with E-state index in [1.807, 2.05) is 37.3 Å². The molecule has 0 spiro atoms. The van der Waals surface area contributed by atoms with Gasteiger partial charge in [-0.2, -0.15) is 0 Å². The minimum absolute atomic E-state index is 0.0154. The van der Waals surface area contributed by atoms with Crippen LogP contribution in [0.15, 0.2) is 54.6 Å². The molecular formula is C21H22N2O4. The summed E-state index contributed by atoms with van der Waals surface area (Å²) in [4.78, 5) is 40.3. The van der Waals surface area contributed by atoms with Crippen LogP contribution in [0.25, 0.3) is 0 Å². The Kier molecular flexibility index (Phi) is 5.54. The fourth-order valence-electron chi connectivity index (χ4n) is 3.21. The van der Waals surface area contributed by atoms with Crippen LogP contribution in [0.2, 0.25) is 0 Å². The molecule has 3 amide bonds. The smallest absolute Gasteiger partial charge is 0.257 e. The van der Waals surface area contributed by atoms with Crippen molar-refractivity contribution in [3.05, 3.63) is 60.2 Å². The molecule has 2 aromatic rings. The molecule has 6 nitrogen and oxygen atoms in total. The van der Waals surface area contributed by atoms with Crippen molar-refractivity contribution < 1.29 is 19.1 Å². The Balaban J connectivity index is 1.82. The van der Waals surface area contributed by atoms with Crippen molar-refractivity contribution in [1.29, 1.82) is 0 Å². The van der Waals surface area contributed by atoms with Crippen molar-refractivity contribution in [3.63, 3.8) is 0 Å². The van der Waals surface area contributed by atoms with Gasteiger partial charge in [0, 0.05) is 13.5 Å². The molecule has 1 fully saturated rings. The highest BCUT2D eigenvalue weighted by Crippen LogP contribution is 2.28. The van der Waals surface area contributed by atoms with Crippen molar-refractivity contribution >= 4 is 23.4 Å². The second kappa shape index (κ2) is 8.03. The third-order valence-corrected chi connectivity index (χ3v) is 4.51.